The minimum absolute atomic E-state index is 0.602. The van der Waals surface area contributed by atoms with Crippen molar-refractivity contribution in [1.82, 2.24) is 5.32 Å². The van der Waals surface area contributed by atoms with Crippen molar-refractivity contribution < 1.29 is 0 Å². The van der Waals surface area contributed by atoms with Crippen LogP contribution in [0.1, 0.15) is 68.2 Å². The summed E-state index contributed by atoms with van der Waals surface area (Å²) in [7, 11) is 0. The molecular formula is C29H37N. The molecule has 0 aliphatic heterocycles. The van der Waals surface area contributed by atoms with Crippen LogP contribution in [-0.2, 0) is 13.0 Å². The molecule has 158 valence electrons. The van der Waals surface area contributed by atoms with E-state index in [9.17, 15) is 0 Å². The molecule has 1 aliphatic carbocycles. The Balaban J connectivity index is 1.45. The quantitative estimate of drug-likeness (QED) is 0.447. The Hall–Kier alpha value is -2.54. The third-order valence-electron chi connectivity index (χ3n) is 6.44. The average Bonchev–Trinajstić information content (AvgIpc) is 2.78. The second kappa shape index (κ2) is 11.0. The summed E-state index contributed by atoms with van der Waals surface area (Å²) in [5, 5.41) is 3.58. The Morgan fingerprint density at radius 3 is 2.60 bits per heavy atom. The standard InChI is InChI=1S/C29H37N/c1-5-23(3)29-15-7-6-13-28(29)14-9-11-25-16-18-27(19-17-25)24(4)30-21-26-12-8-10-22(2)20-26/h5-8,10-13,15,20,27,30H,4,9,14,16-19,21H2,1-3H3/b23-5+,25-11?. The molecule has 0 amide bonds. The molecule has 1 aliphatic rings. The lowest BCUT2D eigenvalue weighted by Gasteiger charge is -2.26. The summed E-state index contributed by atoms with van der Waals surface area (Å²) in [6, 6.07) is 17.5. The largest absolute Gasteiger partial charge is 0.385 e. The zero-order valence-electron chi connectivity index (χ0n) is 19.0. The Bertz CT molecular complexity index is 905. The first-order chi connectivity index (χ1) is 14.6. The summed E-state index contributed by atoms with van der Waals surface area (Å²) in [5.41, 5.74) is 9.74. The molecule has 30 heavy (non-hydrogen) atoms. The second-order valence-electron chi connectivity index (χ2n) is 8.67. The van der Waals surface area contributed by atoms with E-state index in [2.05, 4.69) is 93.3 Å². The van der Waals surface area contributed by atoms with E-state index >= 15 is 0 Å². The highest BCUT2D eigenvalue weighted by atomic mass is 14.9. The maximum absolute atomic E-state index is 4.34. The van der Waals surface area contributed by atoms with Gasteiger partial charge in [-0.3, -0.25) is 0 Å². The highest BCUT2D eigenvalue weighted by molar-refractivity contribution is 5.66. The van der Waals surface area contributed by atoms with Gasteiger partial charge in [-0.1, -0.05) is 78.4 Å². The lowest BCUT2D eigenvalue weighted by atomic mass is 9.83. The maximum Gasteiger partial charge on any atom is 0.0397 e. The molecular weight excluding hydrogens is 362 g/mol. The molecule has 2 aromatic rings. The van der Waals surface area contributed by atoms with Gasteiger partial charge in [0.1, 0.15) is 0 Å². The first-order valence-electron chi connectivity index (χ1n) is 11.4. The van der Waals surface area contributed by atoms with E-state index in [1.807, 2.05) is 0 Å². The minimum Gasteiger partial charge on any atom is -0.385 e. The predicted octanol–water partition coefficient (Wildman–Crippen LogP) is 7.77. The number of hydrogen-bond acceptors (Lipinski definition) is 1. The molecule has 0 bridgehead atoms. The van der Waals surface area contributed by atoms with Crippen molar-refractivity contribution in [3.8, 4) is 0 Å². The fourth-order valence-electron chi connectivity index (χ4n) is 4.43. The molecule has 0 heterocycles. The third-order valence-corrected chi connectivity index (χ3v) is 6.44. The van der Waals surface area contributed by atoms with E-state index in [1.165, 1.54) is 59.2 Å². The molecule has 0 aromatic heterocycles. The fourth-order valence-corrected chi connectivity index (χ4v) is 4.43. The SMILES string of the molecule is C=C(NCc1cccc(C)c1)C1CCC(=CCCc2ccccc2/C(C)=C/C)CC1. The van der Waals surface area contributed by atoms with Crippen LogP contribution in [0.15, 0.2) is 78.5 Å². The van der Waals surface area contributed by atoms with E-state index in [-0.39, 0.29) is 0 Å². The summed E-state index contributed by atoms with van der Waals surface area (Å²) in [6.45, 7) is 11.7. The van der Waals surface area contributed by atoms with E-state index in [4.69, 9.17) is 0 Å². The van der Waals surface area contributed by atoms with Crippen molar-refractivity contribution in [2.45, 2.75) is 65.8 Å². The zero-order chi connectivity index (χ0) is 21.3. The van der Waals surface area contributed by atoms with Crippen LogP contribution in [0.2, 0.25) is 0 Å². The zero-order valence-corrected chi connectivity index (χ0v) is 19.0. The smallest absolute Gasteiger partial charge is 0.0397 e. The summed E-state index contributed by atoms with van der Waals surface area (Å²) in [5.74, 6) is 0.602. The lowest BCUT2D eigenvalue weighted by Crippen LogP contribution is -2.21. The van der Waals surface area contributed by atoms with Gasteiger partial charge < -0.3 is 5.32 Å². The van der Waals surface area contributed by atoms with Gasteiger partial charge in [-0.05, 0) is 87.5 Å². The van der Waals surface area contributed by atoms with Crippen molar-refractivity contribution in [2.75, 3.05) is 0 Å². The van der Waals surface area contributed by atoms with Gasteiger partial charge in [0.25, 0.3) is 0 Å². The number of hydrogen-bond donors (Lipinski definition) is 1. The topological polar surface area (TPSA) is 12.0 Å². The Labute approximate surface area is 183 Å². The molecule has 1 saturated carbocycles. The highest BCUT2D eigenvalue weighted by Gasteiger charge is 2.19. The predicted molar refractivity (Wildman–Crippen MR) is 131 cm³/mol. The number of aryl methyl sites for hydroxylation is 2. The van der Waals surface area contributed by atoms with E-state index in [0.717, 1.165) is 19.4 Å². The number of rotatable bonds is 8. The molecule has 3 rings (SSSR count). The first-order valence-corrected chi connectivity index (χ1v) is 11.4. The van der Waals surface area contributed by atoms with Gasteiger partial charge >= 0.3 is 0 Å². The Morgan fingerprint density at radius 2 is 1.87 bits per heavy atom. The van der Waals surface area contributed by atoms with Gasteiger partial charge in [0.15, 0.2) is 0 Å². The molecule has 0 spiro atoms. The van der Waals surface area contributed by atoms with Crippen LogP contribution >= 0.6 is 0 Å². The van der Waals surface area contributed by atoms with Crippen molar-refractivity contribution >= 4 is 5.57 Å². The van der Waals surface area contributed by atoms with Crippen LogP contribution in [0.3, 0.4) is 0 Å². The van der Waals surface area contributed by atoms with Crippen LogP contribution in [0, 0.1) is 12.8 Å². The molecule has 0 unspecified atom stereocenters. The lowest BCUT2D eigenvalue weighted by molar-refractivity contribution is 0.440. The van der Waals surface area contributed by atoms with Crippen LogP contribution < -0.4 is 5.32 Å². The first kappa shape index (κ1) is 22.2. The number of benzene rings is 2. The minimum atomic E-state index is 0.602. The van der Waals surface area contributed by atoms with Crippen molar-refractivity contribution in [1.29, 1.82) is 0 Å². The van der Waals surface area contributed by atoms with Crippen LogP contribution in [0.4, 0.5) is 0 Å². The molecule has 1 nitrogen and oxygen atoms in total. The van der Waals surface area contributed by atoms with Crippen LogP contribution in [0.25, 0.3) is 5.57 Å². The summed E-state index contributed by atoms with van der Waals surface area (Å²) in [6.07, 6.45) is 11.8. The van der Waals surface area contributed by atoms with Crippen molar-refractivity contribution in [3.63, 3.8) is 0 Å². The summed E-state index contributed by atoms with van der Waals surface area (Å²) >= 11 is 0. The van der Waals surface area contributed by atoms with Crippen molar-refractivity contribution in [2.24, 2.45) is 5.92 Å². The molecule has 2 aromatic carbocycles. The monoisotopic (exact) mass is 399 g/mol. The molecule has 0 radical (unpaired) electrons. The second-order valence-corrected chi connectivity index (χ2v) is 8.67. The molecule has 1 N–H and O–H groups in total. The number of nitrogens with one attached hydrogen (secondary N) is 1. The maximum atomic E-state index is 4.34. The summed E-state index contributed by atoms with van der Waals surface area (Å²) < 4.78 is 0. The van der Waals surface area contributed by atoms with Gasteiger partial charge in [0.05, 0.1) is 0 Å². The van der Waals surface area contributed by atoms with Gasteiger partial charge in [-0.15, -0.1) is 0 Å². The van der Waals surface area contributed by atoms with E-state index < -0.39 is 0 Å². The normalized spacial score (nSPS) is 17.0. The third kappa shape index (κ3) is 6.23. The summed E-state index contributed by atoms with van der Waals surface area (Å²) in [4.78, 5) is 0. The Kier molecular flexibility index (Phi) is 8.13. The van der Waals surface area contributed by atoms with Gasteiger partial charge in [-0.2, -0.15) is 0 Å². The molecule has 0 atom stereocenters. The highest BCUT2D eigenvalue weighted by Crippen LogP contribution is 2.32. The fraction of sp³-hybridized carbons (Fsp3) is 0.379. The van der Waals surface area contributed by atoms with Crippen LogP contribution in [0.5, 0.6) is 0 Å². The van der Waals surface area contributed by atoms with Gasteiger partial charge in [-0.25, -0.2) is 0 Å². The van der Waals surface area contributed by atoms with E-state index in [1.54, 1.807) is 5.57 Å². The van der Waals surface area contributed by atoms with Gasteiger partial charge in [0, 0.05) is 12.2 Å². The van der Waals surface area contributed by atoms with Crippen LogP contribution in [-0.4, -0.2) is 0 Å². The molecule has 0 saturated heterocycles. The average molecular weight is 400 g/mol. The van der Waals surface area contributed by atoms with Crippen molar-refractivity contribution in [3.05, 3.63) is 101 Å². The van der Waals surface area contributed by atoms with E-state index in [0.29, 0.717) is 5.92 Å². The van der Waals surface area contributed by atoms with Gasteiger partial charge in [0.2, 0.25) is 0 Å². The molecule has 1 heteroatoms. The number of allylic oxidation sites excluding steroid dienone is 5. The Morgan fingerprint density at radius 1 is 1.10 bits per heavy atom. The molecule has 1 fully saturated rings.